The topological polar surface area (TPSA) is 89.3 Å². The molecule has 1 aromatic carbocycles. The lowest BCUT2D eigenvalue weighted by Crippen LogP contribution is -2.41. The molecule has 19 heavy (non-hydrogen) atoms. The third-order valence-electron chi connectivity index (χ3n) is 2.04. The van der Waals surface area contributed by atoms with E-state index in [9.17, 15) is 22.0 Å². The molecule has 0 aliphatic carbocycles. The zero-order valence-corrected chi connectivity index (χ0v) is 11.4. The maximum Gasteiger partial charge on any atom is 0.254 e. The fourth-order valence-electron chi connectivity index (χ4n) is 1.34. The predicted octanol–water partition coefficient (Wildman–Crippen LogP) is 1.14. The van der Waals surface area contributed by atoms with Crippen LogP contribution in [0, 0.1) is 11.6 Å². The second kappa shape index (κ2) is 4.86. The van der Waals surface area contributed by atoms with Gasteiger partial charge < -0.3 is 5.32 Å². The highest BCUT2D eigenvalue weighted by molar-refractivity contribution is 7.89. The molecule has 0 aliphatic heterocycles. The Morgan fingerprint density at radius 2 is 1.79 bits per heavy atom. The second-order valence-electron chi connectivity index (χ2n) is 5.01. The highest BCUT2D eigenvalue weighted by atomic mass is 32.2. The Kier molecular flexibility index (Phi) is 3.97. The Bertz CT molecular complexity index is 622. The number of carbonyl (C=O) groups is 1. The lowest BCUT2D eigenvalue weighted by molar-refractivity contribution is 0.0914. The van der Waals surface area contributed by atoms with E-state index >= 15 is 0 Å². The van der Waals surface area contributed by atoms with Gasteiger partial charge in [0.1, 0.15) is 10.7 Å². The van der Waals surface area contributed by atoms with Crippen molar-refractivity contribution in [2.75, 3.05) is 0 Å². The maximum atomic E-state index is 13.9. The van der Waals surface area contributed by atoms with E-state index in [0.29, 0.717) is 12.1 Å². The standard InChI is InChI=1S/C11H14F2N2O3S/c1-11(2,3)15-10(16)7-4-6(12)5-8(9(7)13)19(14,17)18/h4-5H,1-3H3,(H,15,16)(H2,14,17,18). The van der Waals surface area contributed by atoms with Crippen molar-refractivity contribution >= 4 is 15.9 Å². The molecule has 0 saturated carbocycles. The summed E-state index contributed by atoms with van der Waals surface area (Å²) in [6.07, 6.45) is 0. The molecule has 0 saturated heterocycles. The van der Waals surface area contributed by atoms with Crippen LogP contribution >= 0.6 is 0 Å². The Balaban J connectivity index is 3.38. The molecular formula is C11H14F2N2O3S. The zero-order valence-electron chi connectivity index (χ0n) is 10.6. The SMILES string of the molecule is CC(C)(C)NC(=O)c1cc(F)cc(S(N)(=O)=O)c1F. The summed E-state index contributed by atoms with van der Waals surface area (Å²) < 4.78 is 49.4. The third-order valence-corrected chi connectivity index (χ3v) is 2.95. The summed E-state index contributed by atoms with van der Waals surface area (Å²) in [6, 6.07) is 1.05. The largest absolute Gasteiger partial charge is 0.347 e. The number of sulfonamides is 1. The summed E-state index contributed by atoms with van der Waals surface area (Å²) >= 11 is 0. The van der Waals surface area contributed by atoms with E-state index in [1.54, 1.807) is 20.8 Å². The number of hydrogen-bond acceptors (Lipinski definition) is 3. The van der Waals surface area contributed by atoms with Gasteiger partial charge in [0.05, 0.1) is 5.56 Å². The van der Waals surface area contributed by atoms with E-state index in [4.69, 9.17) is 5.14 Å². The average molecular weight is 292 g/mol. The van der Waals surface area contributed by atoms with Crippen LogP contribution in [0.1, 0.15) is 31.1 Å². The fourth-order valence-corrected chi connectivity index (χ4v) is 1.98. The van der Waals surface area contributed by atoms with Crippen molar-refractivity contribution in [1.29, 1.82) is 0 Å². The fraction of sp³-hybridized carbons (Fsp3) is 0.364. The first-order chi connectivity index (χ1) is 8.42. The number of nitrogens with two attached hydrogens (primary N) is 1. The van der Waals surface area contributed by atoms with Crippen molar-refractivity contribution < 1.29 is 22.0 Å². The molecule has 0 unspecified atom stereocenters. The Labute approximate surface area is 109 Å². The number of halogens is 2. The minimum absolute atomic E-state index is 0.429. The molecule has 0 atom stereocenters. The summed E-state index contributed by atoms with van der Waals surface area (Å²) in [4.78, 5) is 10.7. The molecule has 0 aromatic heterocycles. The van der Waals surface area contributed by atoms with Gasteiger partial charge in [0, 0.05) is 5.54 Å². The van der Waals surface area contributed by atoms with Gasteiger partial charge in [-0.05, 0) is 32.9 Å². The van der Waals surface area contributed by atoms with Gasteiger partial charge in [0.15, 0.2) is 5.82 Å². The molecular weight excluding hydrogens is 278 g/mol. The average Bonchev–Trinajstić information content (AvgIpc) is 2.16. The summed E-state index contributed by atoms with van der Waals surface area (Å²) in [5, 5.41) is 7.16. The number of carbonyl (C=O) groups excluding carboxylic acids is 1. The van der Waals surface area contributed by atoms with Crippen LogP contribution in [0.15, 0.2) is 17.0 Å². The smallest absolute Gasteiger partial charge is 0.254 e. The highest BCUT2D eigenvalue weighted by Crippen LogP contribution is 2.19. The van der Waals surface area contributed by atoms with Gasteiger partial charge in [-0.1, -0.05) is 0 Å². The third kappa shape index (κ3) is 3.97. The van der Waals surface area contributed by atoms with Crippen LogP contribution in [0.2, 0.25) is 0 Å². The van der Waals surface area contributed by atoms with Gasteiger partial charge in [0.25, 0.3) is 5.91 Å². The van der Waals surface area contributed by atoms with E-state index in [0.717, 1.165) is 0 Å². The van der Waals surface area contributed by atoms with Gasteiger partial charge in [-0.15, -0.1) is 0 Å². The normalized spacial score (nSPS) is 12.3. The van der Waals surface area contributed by atoms with Crippen LogP contribution in [0.3, 0.4) is 0 Å². The molecule has 0 spiro atoms. The first kappa shape index (κ1) is 15.5. The van der Waals surface area contributed by atoms with Gasteiger partial charge >= 0.3 is 0 Å². The summed E-state index contributed by atoms with van der Waals surface area (Å²) in [7, 11) is -4.45. The maximum absolute atomic E-state index is 13.9. The van der Waals surface area contributed by atoms with Gasteiger partial charge in [0.2, 0.25) is 10.0 Å². The van der Waals surface area contributed by atoms with Crippen molar-refractivity contribution in [2.45, 2.75) is 31.2 Å². The molecule has 1 rings (SSSR count). The van der Waals surface area contributed by atoms with E-state index in [1.807, 2.05) is 0 Å². The minimum atomic E-state index is -4.45. The van der Waals surface area contributed by atoms with Crippen LogP contribution in [0.25, 0.3) is 0 Å². The van der Waals surface area contributed by atoms with Gasteiger partial charge in [-0.25, -0.2) is 22.3 Å². The molecule has 5 nitrogen and oxygen atoms in total. The second-order valence-corrected chi connectivity index (χ2v) is 6.54. The quantitative estimate of drug-likeness (QED) is 0.856. The van der Waals surface area contributed by atoms with E-state index in [1.165, 1.54) is 0 Å². The van der Waals surface area contributed by atoms with Crippen molar-refractivity contribution in [2.24, 2.45) is 5.14 Å². The summed E-state index contributed by atoms with van der Waals surface area (Å²) in [6.45, 7) is 4.92. The number of rotatable bonds is 2. The monoisotopic (exact) mass is 292 g/mol. The molecule has 0 heterocycles. The highest BCUT2D eigenvalue weighted by Gasteiger charge is 2.25. The number of primary sulfonamides is 1. The molecule has 3 N–H and O–H groups in total. The van der Waals surface area contributed by atoms with E-state index in [2.05, 4.69) is 5.32 Å². The molecule has 106 valence electrons. The van der Waals surface area contributed by atoms with Crippen LogP contribution < -0.4 is 10.5 Å². The first-order valence-electron chi connectivity index (χ1n) is 5.26. The lowest BCUT2D eigenvalue weighted by atomic mass is 10.1. The summed E-state index contributed by atoms with van der Waals surface area (Å²) in [5.74, 6) is -3.36. The number of hydrogen-bond donors (Lipinski definition) is 2. The van der Waals surface area contributed by atoms with Crippen LogP contribution in [0.5, 0.6) is 0 Å². The number of benzene rings is 1. The Hall–Kier alpha value is -1.54. The Morgan fingerprint density at radius 1 is 1.26 bits per heavy atom. The lowest BCUT2D eigenvalue weighted by Gasteiger charge is -2.21. The van der Waals surface area contributed by atoms with Crippen molar-refractivity contribution in [1.82, 2.24) is 5.32 Å². The van der Waals surface area contributed by atoms with Crippen molar-refractivity contribution in [3.8, 4) is 0 Å². The van der Waals surface area contributed by atoms with Crippen LogP contribution in [0.4, 0.5) is 8.78 Å². The molecule has 1 amide bonds. The van der Waals surface area contributed by atoms with Gasteiger partial charge in [-0.3, -0.25) is 4.79 Å². The van der Waals surface area contributed by atoms with Crippen LogP contribution in [-0.2, 0) is 10.0 Å². The van der Waals surface area contributed by atoms with Crippen molar-refractivity contribution in [3.05, 3.63) is 29.3 Å². The zero-order chi connectivity index (χ0) is 15.0. The molecule has 0 radical (unpaired) electrons. The number of amides is 1. The molecule has 1 aromatic rings. The number of nitrogens with one attached hydrogen (secondary N) is 1. The molecule has 0 bridgehead atoms. The molecule has 0 fully saturated rings. The van der Waals surface area contributed by atoms with Gasteiger partial charge in [-0.2, -0.15) is 0 Å². The molecule has 8 heteroatoms. The predicted molar refractivity (Wildman–Crippen MR) is 65.0 cm³/mol. The summed E-state index contributed by atoms with van der Waals surface area (Å²) in [5.41, 5.74) is -1.39. The first-order valence-corrected chi connectivity index (χ1v) is 6.81. The minimum Gasteiger partial charge on any atom is -0.347 e. The Morgan fingerprint density at radius 3 is 2.21 bits per heavy atom. The van der Waals surface area contributed by atoms with Crippen LogP contribution in [-0.4, -0.2) is 19.9 Å². The molecule has 0 aliphatic rings. The van der Waals surface area contributed by atoms with E-state index < -0.39 is 43.6 Å². The van der Waals surface area contributed by atoms with Crippen molar-refractivity contribution in [3.63, 3.8) is 0 Å². The van der Waals surface area contributed by atoms with E-state index in [-0.39, 0.29) is 0 Å².